The van der Waals surface area contributed by atoms with Crippen LogP contribution in [0.15, 0.2) is 78.9 Å². The fourth-order valence-corrected chi connectivity index (χ4v) is 3.12. The highest BCUT2D eigenvalue weighted by molar-refractivity contribution is 5.96. The number of hydrogen-bond donors (Lipinski definition) is 1. The Labute approximate surface area is 173 Å². The molecule has 0 saturated heterocycles. The molecular formula is C23H20N2O5. The minimum absolute atomic E-state index is 0.0891. The van der Waals surface area contributed by atoms with Crippen LogP contribution in [0.5, 0.6) is 0 Å². The second-order valence-electron chi connectivity index (χ2n) is 6.64. The van der Waals surface area contributed by atoms with Crippen molar-refractivity contribution in [3.05, 3.63) is 106 Å². The number of rotatable bonds is 7. The lowest BCUT2D eigenvalue weighted by Gasteiger charge is -2.17. The van der Waals surface area contributed by atoms with E-state index in [-0.39, 0.29) is 11.4 Å². The third-order valence-corrected chi connectivity index (χ3v) is 4.56. The molecule has 0 bridgehead atoms. The van der Waals surface area contributed by atoms with Gasteiger partial charge >= 0.3 is 5.97 Å². The van der Waals surface area contributed by atoms with Crippen LogP contribution in [0.2, 0.25) is 0 Å². The number of hydrogen-bond acceptors (Lipinski definition) is 5. The SMILES string of the molecule is Cc1cccc([N+](=O)[O-])c1NC(=O)COC(=O)C(c1ccccc1)c1ccccc1. The number of esters is 1. The molecule has 3 rings (SSSR count). The van der Waals surface area contributed by atoms with Gasteiger partial charge in [-0.05, 0) is 23.6 Å². The van der Waals surface area contributed by atoms with Crippen molar-refractivity contribution in [3.63, 3.8) is 0 Å². The highest BCUT2D eigenvalue weighted by atomic mass is 16.6. The van der Waals surface area contributed by atoms with Crippen LogP contribution in [-0.2, 0) is 14.3 Å². The third kappa shape index (κ3) is 4.88. The second-order valence-corrected chi connectivity index (χ2v) is 6.64. The number of carbonyl (C=O) groups is 2. The van der Waals surface area contributed by atoms with E-state index in [2.05, 4.69) is 5.32 Å². The molecule has 0 atom stereocenters. The van der Waals surface area contributed by atoms with Crippen LogP contribution in [0.4, 0.5) is 11.4 Å². The normalized spacial score (nSPS) is 10.5. The summed E-state index contributed by atoms with van der Waals surface area (Å²) in [4.78, 5) is 35.8. The lowest BCUT2D eigenvalue weighted by Crippen LogP contribution is -2.25. The van der Waals surface area contributed by atoms with Gasteiger partial charge in [-0.2, -0.15) is 0 Å². The predicted molar refractivity (Wildman–Crippen MR) is 112 cm³/mol. The van der Waals surface area contributed by atoms with Crippen molar-refractivity contribution in [2.24, 2.45) is 0 Å². The van der Waals surface area contributed by atoms with Gasteiger partial charge in [-0.15, -0.1) is 0 Å². The van der Waals surface area contributed by atoms with E-state index < -0.39 is 29.3 Å². The van der Waals surface area contributed by atoms with Crippen molar-refractivity contribution in [1.29, 1.82) is 0 Å². The number of carbonyl (C=O) groups excluding carboxylic acids is 2. The maximum absolute atomic E-state index is 12.8. The lowest BCUT2D eigenvalue weighted by molar-refractivity contribution is -0.384. The van der Waals surface area contributed by atoms with E-state index in [1.165, 1.54) is 12.1 Å². The van der Waals surface area contributed by atoms with E-state index >= 15 is 0 Å². The first-order valence-electron chi connectivity index (χ1n) is 9.27. The highest BCUT2D eigenvalue weighted by Crippen LogP contribution is 2.28. The molecule has 0 saturated carbocycles. The van der Waals surface area contributed by atoms with Crippen LogP contribution in [-0.4, -0.2) is 23.4 Å². The summed E-state index contributed by atoms with van der Waals surface area (Å²) in [6.07, 6.45) is 0. The molecule has 0 fully saturated rings. The number of anilines is 1. The van der Waals surface area contributed by atoms with Crippen LogP contribution in [0, 0.1) is 17.0 Å². The Kier molecular flexibility index (Phi) is 6.54. The number of nitro groups is 1. The summed E-state index contributed by atoms with van der Waals surface area (Å²) in [5.41, 5.74) is 1.88. The Morgan fingerprint density at radius 3 is 2.03 bits per heavy atom. The quantitative estimate of drug-likeness (QED) is 0.361. The molecule has 0 heterocycles. The average Bonchev–Trinajstić information content (AvgIpc) is 2.75. The molecule has 0 spiro atoms. The highest BCUT2D eigenvalue weighted by Gasteiger charge is 2.25. The zero-order valence-electron chi connectivity index (χ0n) is 16.3. The van der Waals surface area contributed by atoms with Gasteiger partial charge in [-0.3, -0.25) is 19.7 Å². The van der Waals surface area contributed by atoms with Gasteiger partial charge in [0.2, 0.25) is 0 Å². The molecule has 1 N–H and O–H groups in total. The fourth-order valence-electron chi connectivity index (χ4n) is 3.12. The lowest BCUT2D eigenvalue weighted by atomic mass is 9.91. The van der Waals surface area contributed by atoms with Gasteiger partial charge in [0, 0.05) is 6.07 Å². The van der Waals surface area contributed by atoms with Crippen molar-refractivity contribution in [3.8, 4) is 0 Å². The van der Waals surface area contributed by atoms with E-state index in [4.69, 9.17) is 4.74 Å². The Bertz CT molecular complexity index is 1010. The van der Waals surface area contributed by atoms with Crippen LogP contribution in [0.1, 0.15) is 22.6 Å². The van der Waals surface area contributed by atoms with E-state index in [0.717, 1.165) is 11.1 Å². The molecule has 0 aliphatic heterocycles. The smallest absolute Gasteiger partial charge is 0.318 e. The summed E-state index contributed by atoms with van der Waals surface area (Å²) in [6.45, 7) is 1.09. The van der Waals surface area contributed by atoms with Crippen LogP contribution < -0.4 is 5.32 Å². The zero-order valence-corrected chi connectivity index (χ0v) is 16.3. The molecule has 0 aliphatic carbocycles. The van der Waals surface area contributed by atoms with Crippen molar-refractivity contribution in [2.75, 3.05) is 11.9 Å². The number of aryl methyl sites for hydroxylation is 1. The fraction of sp³-hybridized carbons (Fsp3) is 0.130. The first-order chi connectivity index (χ1) is 14.5. The first kappa shape index (κ1) is 20.7. The average molecular weight is 404 g/mol. The van der Waals surface area contributed by atoms with E-state index in [1.807, 2.05) is 60.7 Å². The van der Waals surface area contributed by atoms with Crippen molar-refractivity contribution in [1.82, 2.24) is 0 Å². The second kappa shape index (κ2) is 9.47. The molecule has 7 nitrogen and oxygen atoms in total. The molecule has 30 heavy (non-hydrogen) atoms. The van der Waals surface area contributed by atoms with Gasteiger partial charge in [0.05, 0.1) is 4.92 Å². The summed E-state index contributed by atoms with van der Waals surface area (Å²) < 4.78 is 5.27. The van der Waals surface area contributed by atoms with Gasteiger partial charge in [0.1, 0.15) is 11.6 Å². The minimum atomic E-state index is -0.687. The monoisotopic (exact) mass is 404 g/mol. The number of amides is 1. The standard InChI is InChI=1S/C23H20N2O5/c1-16-9-8-14-19(25(28)29)22(16)24-20(26)15-30-23(27)21(17-10-4-2-5-11-17)18-12-6-3-7-13-18/h2-14,21H,15H2,1H3,(H,24,26). The molecule has 0 unspecified atom stereocenters. The summed E-state index contributed by atoms with van der Waals surface area (Å²) >= 11 is 0. The Morgan fingerprint density at radius 1 is 0.933 bits per heavy atom. The van der Waals surface area contributed by atoms with Crippen LogP contribution in [0.3, 0.4) is 0 Å². The van der Waals surface area contributed by atoms with Crippen LogP contribution in [0.25, 0.3) is 0 Å². The number of nitrogens with zero attached hydrogens (tertiary/aromatic N) is 1. The van der Waals surface area contributed by atoms with Crippen molar-refractivity contribution in [2.45, 2.75) is 12.8 Å². The Hall–Kier alpha value is -4.00. The molecule has 7 heteroatoms. The first-order valence-corrected chi connectivity index (χ1v) is 9.27. The van der Waals surface area contributed by atoms with Gasteiger partial charge in [0.25, 0.3) is 11.6 Å². The van der Waals surface area contributed by atoms with E-state index in [9.17, 15) is 19.7 Å². The predicted octanol–water partition coefficient (Wildman–Crippen LogP) is 4.22. The van der Waals surface area contributed by atoms with Crippen LogP contribution >= 0.6 is 0 Å². The maximum atomic E-state index is 12.8. The molecule has 1 amide bonds. The van der Waals surface area contributed by atoms with Crippen molar-refractivity contribution < 1.29 is 19.2 Å². The van der Waals surface area contributed by atoms with E-state index in [1.54, 1.807) is 13.0 Å². The molecule has 0 aromatic heterocycles. The summed E-state index contributed by atoms with van der Waals surface area (Å²) in [6, 6.07) is 22.7. The minimum Gasteiger partial charge on any atom is -0.455 e. The van der Waals surface area contributed by atoms with Crippen molar-refractivity contribution >= 4 is 23.3 Å². The largest absolute Gasteiger partial charge is 0.455 e. The zero-order chi connectivity index (χ0) is 21.5. The molecular weight excluding hydrogens is 384 g/mol. The van der Waals surface area contributed by atoms with Gasteiger partial charge in [0.15, 0.2) is 6.61 Å². The number of ether oxygens (including phenoxy) is 1. The summed E-state index contributed by atoms with van der Waals surface area (Å²) in [7, 11) is 0. The summed E-state index contributed by atoms with van der Waals surface area (Å²) in [5, 5.41) is 13.7. The molecule has 3 aromatic carbocycles. The number of nitrogens with one attached hydrogen (secondary N) is 1. The number of para-hydroxylation sites is 1. The van der Waals surface area contributed by atoms with Gasteiger partial charge in [-0.1, -0.05) is 72.8 Å². The van der Waals surface area contributed by atoms with E-state index in [0.29, 0.717) is 5.56 Å². The number of nitro benzene ring substituents is 1. The molecule has 0 aliphatic rings. The molecule has 0 radical (unpaired) electrons. The molecule has 3 aromatic rings. The topological polar surface area (TPSA) is 98.5 Å². The third-order valence-electron chi connectivity index (χ3n) is 4.56. The Balaban J connectivity index is 1.74. The number of benzene rings is 3. The maximum Gasteiger partial charge on any atom is 0.318 e. The molecule has 152 valence electrons. The summed E-state index contributed by atoms with van der Waals surface area (Å²) in [5.74, 6) is -1.92. The Morgan fingerprint density at radius 2 is 1.50 bits per heavy atom. The van der Waals surface area contributed by atoms with Gasteiger partial charge < -0.3 is 10.1 Å². The van der Waals surface area contributed by atoms with Gasteiger partial charge in [-0.25, -0.2) is 0 Å².